The first-order chi connectivity index (χ1) is 14.1. The Balaban J connectivity index is 1.71. The monoisotopic (exact) mass is 389 g/mol. The highest BCUT2D eigenvalue weighted by atomic mass is 16.1. The molecule has 0 radical (unpaired) electrons. The summed E-state index contributed by atoms with van der Waals surface area (Å²) < 4.78 is 3.82. The van der Waals surface area contributed by atoms with Crippen molar-refractivity contribution in [1.29, 1.82) is 0 Å². The van der Waals surface area contributed by atoms with Crippen molar-refractivity contribution in [2.24, 2.45) is 0 Å². The third-order valence-corrected chi connectivity index (χ3v) is 5.31. The number of amides is 1. The van der Waals surface area contributed by atoms with Gasteiger partial charge in [-0.2, -0.15) is 9.61 Å². The molecule has 29 heavy (non-hydrogen) atoms. The fourth-order valence-electron chi connectivity index (χ4n) is 3.61. The summed E-state index contributed by atoms with van der Waals surface area (Å²) in [7, 11) is 1.84. The fourth-order valence-corrected chi connectivity index (χ4v) is 3.61. The highest BCUT2D eigenvalue weighted by Gasteiger charge is 2.26. The van der Waals surface area contributed by atoms with Gasteiger partial charge in [0, 0.05) is 48.5 Å². The smallest absolute Gasteiger partial charge is 0.256 e. The van der Waals surface area contributed by atoms with Crippen molar-refractivity contribution < 1.29 is 4.79 Å². The molecular weight excluding hydrogens is 366 g/mol. The summed E-state index contributed by atoms with van der Waals surface area (Å²) in [4.78, 5) is 22.1. The van der Waals surface area contributed by atoms with Crippen LogP contribution in [0.1, 0.15) is 43.1 Å². The number of nitrogens with zero attached hydrogens (tertiary/aromatic N) is 5. The van der Waals surface area contributed by atoms with Crippen molar-refractivity contribution >= 4 is 28.4 Å². The third kappa shape index (κ3) is 2.91. The number of hydrogen-bond donors (Lipinski definition) is 2. The average Bonchev–Trinajstić information content (AvgIpc) is 3.28. The minimum absolute atomic E-state index is 0.125. The second-order valence-electron chi connectivity index (χ2n) is 7.74. The molecule has 5 rings (SSSR count). The molecule has 1 saturated carbocycles. The fraction of sp³-hybridized carbons (Fsp3) is 0.333. The van der Waals surface area contributed by atoms with Crippen LogP contribution in [0.15, 0.2) is 36.8 Å². The van der Waals surface area contributed by atoms with Crippen molar-refractivity contribution in [1.82, 2.24) is 29.5 Å². The van der Waals surface area contributed by atoms with Gasteiger partial charge in [-0.05, 0) is 38.8 Å². The molecule has 4 aromatic heterocycles. The number of fused-ring (bicyclic) bond motifs is 2. The van der Waals surface area contributed by atoms with Gasteiger partial charge >= 0.3 is 0 Å². The second-order valence-corrected chi connectivity index (χ2v) is 7.74. The highest BCUT2D eigenvalue weighted by Crippen LogP contribution is 2.32. The van der Waals surface area contributed by atoms with Crippen LogP contribution in [0, 0.1) is 0 Å². The summed E-state index contributed by atoms with van der Waals surface area (Å²) in [6, 6.07) is 6.48. The predicted octanol–water partition coefficient (Wildman–Crippen LogP) is 3.26. The lowest BCUT2D eigenvalue weighted by Gasteiger charge is -2.08. The van der Waals surface area contributed by atoms with Crippen molar-refractivity contribution in [2.75, 3.05) is 12.4 Å². The van der Waals surface area contributed by atoms with Crippen molar-refractivity contribution in [3.63, 3.8) is 0 Å². The molecule has 4 aromatic rings. The lowest BCUT2D eigenvalue weighted by molar-refractivity contribution is 0.0952. The molecule has 1 aliphatic carbocycles. The Kier molecular flexibility index (Phi) is 4.01. The van der Waals surface area contributed by atoms with E-state index >= 15 is 0 Å². The number of nitrogens with one attached hydrogen (secondary N) is 2. The predicted molar refractivity (Wildman–Crippen MR) is 112 cm³/mol. The molecule has 148 valence electrons. The van der Waals surface area contributed by atoms with Gasteiger partial charge in [-0.25, -0.2) is 9.97 Å². The molecule has 8 nitrogen and oxygen atoms in total. The van der Waals surface area contributed by atoms with Crippen LogP contribution >= 0.6 is 0 Å². The molecule has 8 heteroatoms. The lowest BCUT2D eigenvalue weighted by atomic mass is 10.1. The van der Waals surface area contributed by atoms with Gasteiger partial charge in [0.1, 0.15) is 17.0 Å². The molecule has 1 amide bonds. The van der Waals surface area contributed by atoms with E-state index in [0.717, 1.165) is 41.0 Å². The molecule has 0 aliphatic heterocycles. The van der Waals surface area contributed by atoms with Crippen LogP contribution in [-0.2, 0) is 0 Å². The SMILES string of the molecule is CNc1cc(-c2cn(C(C)C)c3ncccc23)nc2c(C(=O)NC3CC3)cnn12. The van der Waals surface area contributed by atoms with Crippen LogP contribution < -0.4 is 10.6 Å². The van der Waals surface area contributed by atoms with E-state index < -0.39 is 0 Å². The van der Waals surface area contributed by atoms with Crippen LogP contribution in [0.25, 0.3) is 27.9 Å². The minimum atomic E-state index is -0.125. The molecule has 1 fully saturated rings. The number of hydrogen-bond acceptors (Lipinski definition) is 5. The zero-order valence-corrected chi connectivity index (χ0v) is 16.7. The Labute approximate surface area is 168 Å². The van der Waals surface area contributed by atoms with E-state index in [0.29, 0.717) is 11.2 Å². The summed E-state index contributed by atoms with van der Waals surface area (Å²) in [6.45, 7) is 4.26. The van der Waals surface area contributed by atoms with Crippen LogP contribution in [0.4, 0.5) is 5.82 Å². The summed E-state index contributed by atoms with van der Waals surface area (Å²) in [6.07, 6.45) is 7.54. The zero-order valence-electron chi connectivity index (χ0n) is 16.7. The molecular formula is C21H23N7O. The maximum atomic E-state index is 12.7. The molecule has 0 saturated heterocycles. The molecule has 0 spiro atoms. The normalized spacial score (nSPS) is 14.1. The first-order valence-corrected chi connectivity index (χ1v) is 9.90. The standard InChI is InChI=1S/C21H23N7O/c1-12(2)27-11-16(14-5-4-8-23-19(14)27)17-9-18(22-3)28-20(26-17)15(10-24-28)21(29)25-13-6-7-13/h4-5,8-13,22H,6-7H2,1-3H3,(H,25,29). The number of rotatable bonds is 5. The first kappa shape index (κ1) is 17.7. The summed E-state index contributed by atoms with van der Waals surface area (Å²) in [5.74, 6) is 0.644. The molecule has 1 aliphatic rings. The average molecular weight is 389 g/mol. The van der Waals surface area contributed by atoms with E-state index in [9.17, 15) is 4.79 Å². The maximum absolute atomic E-state index is 12.7. The van der Waals surface area contributed by atoms with Gasteiger partial charge in [0.15, 0.2) is 5.65 Å². The van der Waals surface area contributed by atoms with Gasteiger partial charge in [-0.1, -0.05) is 0 Å². The van der Waals surface area contributed by atoms with Gasteiger partial charge in [0.05, 0.1) is 11.9 Å². The maximum Gasteiger partial charge on any atom is 0.256 e. The molecule has 0 atom stereocenters. The largest absolute Gasteiger partial charge is 0.373 e. The molecule has 0 bridgehead atoms. The van der Waals surface area contributed by atoms with Gasteiger partial charge in [-0.3, -0.25) is 4.79 Å². The summed E-state index contributed by atoms with van der Waals surface area (Å²) in [5, 5.41) is 11.6. The van der Waals surface area contributed by atoms with Crippen LogP contribution in [-0.4, -0.2) is 43.1 Å². The number of carbonyl (C=O) groups is 1. The van der Waals surface area contributed by atoms with E-state index in [-0.39, 0.29) is 18.0 Å². The first-order valence-electron chi connectivity index (χ1n) is 9.90. The van der Waals surface area contributed by atoms with Gasteiger partial charge in [-0.15, -0.1) is 0 Å². The second kappa shape index (κ2) is 6.58. The van der Waals surface area contributed by atoms with Crippen molar-refractivity contribution in [3.05, 3.63) is 42.4 Å². The van der Waals surface area contributed by atoms with Gasteiger partial charge in [0.25, 0.3) is 5.91 Å². The van der Waals surface area contributed by atoms with E-state index in [1.54, 1.807) is 16.9 Å². The van der Waals surface area contributed by atoms with E-state index in [4.69, 9.17) is 4.98 Å². The van der Waals surface area contributed by atoms with Gasteiger partial charge in [0.2, 0.25) is 0 Å². The topological polar surface area (TPSA) is 89.1 Å². The number of anilines is 1. The van der Waals surface area contributed by atoms with E-state index in [1.165, 1.54) is 0 Å². The Morgan fingerprint density at radius 2 is 2.10 bits per heavy atom. The molecule has 0 unspecified atom stereocenters. The van der Waals surface area contributed by atoms with Crippen molar-refractivity contribution in [3.8, 4) is 11.3 Å². The number of aromatic nitrogens is 5. The number of carbonyl (C=O) groups excluding carboxylic acids is 1. The van der Waals surface area contributed by atoms with E-state index in [2.05, 4.69) is 51.4 Å². The van der Waals surface area contributed by atoms with Crippen LogP contribution in [0.3, 0.4) is 0 Å². The zero-order chi connectivity index (χ0) is 20.1. The van der Waals surface area contributed by atoms with Crippen LogP contribution in [0.5, 0.6) is 0 Å². The molecule has 0 aromatic carbocycles. The van der Waals surface area contributed by atoms with Gasteiger partial charge < -0.3 is 15.2 Å². The van der Waals surface area contributed by atoms with Crippen LogP contribution in [0.2, 0.25) is 0 Å². The van der Waals surface area contributed by atoms with Crippen molar-refractivity contribution in [2.45, 2.75) is 38.8 Å². The highest BCUT2D eigenvalue weighted by molar-refractivity contribution is 6.01. The Hall–Kier alpha value is -3.42. The summed E-state index contributed by atoms with van der Waals surface area (Å²) >= 11 is 0. The van der Waals surface area contributed by atoms with E-state index in [1.807, 2.05) is 19.2 Å². The lowest BCUT2D eigenvalue weighted by Crippen LogP contribution is -2.25. The number of pyridine rings is 1. The Morgan fingerprint density at radius 1 is 1.28 bits per heavy atom. The summed E-state index contributed by atoms with van der Waals surface area (Å²) in [5.41, 5.74) is 3.71. The molecule has 2 N–H and O–H groups in total. The Bertz CT molecular complexity index is 1230. The quantitative estimate of drug-likeness (QED) is 0.547. The molecule has 4 heterocycles. The third-order valence-electron chi connectivity index (χ3n) is 5.31. The Morgan fingerprint density at radius 3 is 2.83 bits per heavy atom. The minimum Gasteiger partial charge on any atom is -0.373 e.